The number of sulfonamides is 1. The van der Waals surface area contributed by atoms with E-state index in [1.807, 2.05) is 0 Å². The topological polar surface area (TPSA) is 128 Å². The van der Waals surface area contributed by atoms with Crippen molar-refractivity contribution in [2.24, 2.45) is 0 Å². The Hall–Kier alpha value is -3.38. The number of nitrogens with one attached hydrogen (secondary N) is 1. The molecule has 41 heavy (non-hydrogen) atoms. The molecule has 1 aliphatic carbocycles. The van der Waals surface area contributed by atoms with Gasteiger partial charge < -0.3 is 9.84 Å². The highest BCUT2D eigenvalue weighted by Crippen LogP contribution is 2.44. The Bertz CT molecular complexity index is 1830. The summed E-state index contributed by atoms with van der Waals surface area (Å²) in [6, 6.07) is 4.82. The van der Waals surface area contributed by atoms with Gasteiger partial charge in [-0.3, -0.25) is 4.72 Å². The number of aryl methyl sites for hydroxylation is 1. The summed E-state index contributed by atoms with van der Waals surface area (Å²) in [5.41, 5.74) is -7.65. The molecule has 0 amide bonds. The summed E-state index contributed by atoms with van der Waals surface area (Å²) in [5, 5.41) is 10.4. The summed E-state index contributed by atoms with van der Waals surface area (Å²) in [6.07, 6.45) is -13.7. The number of aliphatic hydroxyl groups is 1. The summed E-state index contributed by atoms with van der Waals surface area (Å²) in [4.78, 5) is 1.29. The molecule has 0 saturated carbocycles. The first kappa shape index (κ1) is 26.5. The van der Waals surface area contributed by atoms with Gasteiger partial charge in [0.15, 0.2) is 17.1 Å². The van der Waals surface area contributed by atoms with E-state index in [0.29, 0.717) is 11.8 Å². The number of fused-ring (bicyclic) bond motifs is 1. The van der Waals surface area contributed by atoms with Gasteiger partial charge in [-0.1, -0.05) is 17.7 Å². The van der Waals surface area contributed by atoms with E-state index in [-0.39, 0.29) is 10.0 Å². The lowest BCUT2D eigenvalue weighted by Crippen LogP contribution is -2.50. The molecular weight excluding hydrogens is 611 g/mol. The van der Waals surface area contributed by atoms with Crippen molar-refractivity contribution >= 4 is 25.7 Å². The lowest BCUT2D eigenvalue weighted by Gasteiger charge is -2.34. The van der Waals surface area contributed by atoms with Gasteiger partial charge in [-0.25, -0.2) is 30.2 Å². The van der Waals surface area contributed by atoms with Gasteiger partial charge >= 0.3 is 12.4 Å². The summed E-state index contributed by atoms with van der Waals surface area (Å²) < 4.78 is 177. The first-order valence-electron chi connectivity index (χ1n) is 12.7. The van der Waals surface area contributed by atoms with Crippen LogP contribution in [0.15, 0.2) is 46.3 Å². The molecule has 2 heterocycles. The monoisotopic (exact) mass is 634 g/mol. The number of methoxy groups -OCH3 is 1. The summed E-state index contributed by atoms with van der Waals surface area (Å²) in [5.74, 6) is -3.68. The van der Waals surface area contributed by atoms with Crippen LogP contribution in [0.3, 0.4) is 0 Å². The minimum Gasteiger partial charge on any atom is -0.479 e. The largest absolute Gasteiger partial charge is 0.479 e. The molecule has 0 fully saturated rings. The van der Waals surface area contributed by atoms with Crippen molar-refractivity contribution in [1.82, 2.24) is 8.96 Å². The number of pyridine rings is 1. The summed E-state index contributed by atoms with van der Waals surface area (Å²) in [6.45, 7) is 1.61. The predicted molar refractivity (Wildman–Crippen MR) is 128 cm³/mol. The minimum atomic E-state index is -5.47. The molecule has 9 nitrogen and oxygen atoms in total. The van der Waals surface area contributed by atoms with Gasteiger partial charge in [0.25, 0.3) is 20.0 Å². The Labute approximate surface area is 232 Å². The van der Waals surface area contributed by atoms with Crippen LogP contribution in [0.5, 0.6) is 5.88 Å². The second-order valence-corrected chi connectivity index (χ2v) is 12.6. The summed E-state index contributed by atoms with van der Waals surface area (Å²) >= 11 is 0. The molecule has 4 rings (SSSR count). The van der Waals surface area contributed by atoms with Gasteiger partial charge in [-0.2, -0.15) is 26.3 Å². The highest BCUT2D eigenvalue weighted by molar-refractivity contribution is 7.93. The highest BCUT2D eigenvalue weighted by atomic mass is 32.2. The average molecular weight is 635 g/mol. The number of benzene rings is 1. The number of anilines is 1. The Morgan fingerprint density at radius 2 is 1.76 bits per heavy atom. The van der Waals surface area contributed by atoms with Crippen molar-refractivity contribution in [1.29, 1.82) is 0 Å². The van der Waals surface area contributed by atoms with Crippen molar-refractivity contribution in [3.63, 3.8) is 0 Å². The van der Waals surface area contributed by atoms with E-state index >= 15 is 0 Å². The maximum atomic E-state index is 14.4. The van der Waals surface area contributed by atoms with Crippen molar-refractivity contribution < 1.29 is 61.5 Å². The number of ether oxygens (including phenoxy) is 1. The van der Waals surface area contributed by atoms with E-state index in [1.165, 1.54) is 12.1 Å². The standard InChI is InChI=1S/C23H20F7N3O6S2/c1-12-3-5-13(6-4-12)41(37,38)33-11-18(14-7-8-21(34,10-17(14)33)23(28,29)30)40(35,36)32-16-9-15(24)19(22(25,26)27)31-20(16)39-2/h3-6,9,11,32,34H,7-8,10H2,1-2H3/t21-/m0/s1/i2D3. The number of hydrogen-bond donors (Lipinski definition) is 2. The fraction of sp³-hybridized carbons (Fsp3) is 0.348. The number of aromatic nitrogens is 2. The zero-order valence-electron chi connectivity index (χ0n) is 23.4. The van der Waals surface area contributed by atoms with Gasteiger partial charge in [0, 0.05) is 24.4 Å². The van der Waals surface area contributed by atoms with Crippen LogP contribution < -0.4 is 9.46 Å². The molecule has 18 heteroatoms. The van der Waals surface area contributed by atoms with Gasteiger partial charge in [0.2, 0.25) is 5.88 Å². The van der Waals surface area contributed by atoms with Crippen LogP contribution in [0.1, 0.15) is 33.0 Å². The van der Waals surface area contributed by atoms with E-state index in [0.717, 1.165) is 12.1 Å². The Morgan fingerprint density at radius 1 is 1.12 bits per heavy atom. The third-order valence-electron chi connectivity index (χ3n) is 6.34. The fourth-order valence-electron chi connectivity index (χ4n) is 4.22. The fourth-order valence-corrected chi connectivity index (χ4v) is 7.04. The molecule has 0 radical (unpaired) electrons. The van der Waals surface area contributed by atoms with Crippen molar-refractivity contribution in [3.8, 4) is 5.88 Å². The smallest absolute Gasteiger partial charge is 0.436 e. The lowest BCUT2D eigenvalue weighted by atomic mass is 9.83. The first-order chi connectivity index (χ1) is 19.9. The van der Waals surface area contributed by atoms with Gasteiger partial charge in [0.1, 0.15) is 10.6 Å². The number of hydrogen-bond acceptors (Lipinski definition) is 7. The molecule has 0 aliphatic heterocycles. The molecule has 1 aromatic carbocycles. The van der Waals surface area contributed by atoms with Crippen LogP contribution in [0, 0.1) is 12.7 Å². The minimum absolute atomic E-state index is 0.0800. The zero-order chi connectivity index (χ0) is 33.3. The summed E-state index contributed by atoms with van der Waals surface area (Å²) in [7, 11) is -13.6. The average Bonchev–Trinajstić information content (AvgIpc) is 3.24. The van der Waals surface area contributed by atoms with Crippen LogP contribution in [0.25, 0.3) is 0 Å². The SMILES string of the molecule is [2H]C([2H])([2H])Oc1nc(C(F)(F)F)c(F)cc1NS(=O)(=O)c1cn(S(=O)(=O)c2ccc(C)cc2)c2c1CC[C@@](O)(C(F)(F)F)C2. The highest BCUT2D eigenvalue weighted by Gasteiger charge is 2.56. The van der Waals surface area contributed by atoms with Crippen molar-refractivity contribution in [2.45, 2.75) is 53.9 Å². The van der Waals surface area contributed by atoms with Crippen LogP contribution in [-0.2, 0) is 39.1 Å². The number of rotatable bonds is 6. The van der Waals surface area contributed by atoms with E-state index in [9.17, 15) is 52.7 Å². The third kappa shape index (κ3) is 5.46. The maximum Gasteiger partial charge on any atom is 0.436 e. The molecule has 3 aromatic rings. The normalized spacial score (nSPS) is 19.6. The molecular formula is C23H20F7N3O6S2. The number of alkyl halides is 6. The van der Waals surface area contributed by atoms with E-state index in [2.05, 4.69) is 9.72 Å². The molecule has 0 spiro atoms. The van der Waals surface area contributed by atoms with Crippen LogP contribution >= 0.6 is 0 Å². The molecule has 1 atom stereocenters. The van der Waals surface area contributed by atoms with Crippen molar-refractivity contribution in [3.05, 3.63) is 64.9 Å². The Morgan fingerprint density at radius 3 is 2.32 bits per heavy atom. The quantitative estimate of drug-likeness (QED) is 0.390. The molecule has 2 aromatic heterocycles. The maximum absolute atomic E-state index is 14.4. The first-order valence-corrected chi connectivity index (χ1v) is 14.1. The predicted octanol–water partition coefficient (Wildman–Crippen LogP) is 4.18. The molecule has 0 bridgehead atoms. The molecule has 224 valence electrons. The molecule has 1 aliphatic rings. The van der Waals surface area contributed by atoms with Gasteiger partial charge in [-0.15, -0.1) is 0 Å². The number of halogens is 7. The second-order valence-electron chi connectivity index (χ2n) is 9.12. The number of nitrogens with zero attached hydrogens (tertiary/aromatic N) is 2. The van der Waals surface area contributed by atoms with Gasteiger partial charge in [-0.05, 0) is 37.5 Å². The van der Waals surface area contributed by atoms with Crippen LogP contribution in [-0.4, -0.2) is 49.7 Å². The second kappa shape index (κ2) is 9.87. The third-order valence-corrected chi connectivity index (χ3v) is 9.47. The van der Waals surface area contributed by atoms with Crippen molar-refractivity contribution in [2.75, 3.05) is 11.8 Å². The Kier molecular flexibility index (Phi) is 6.38. The molecule has 0 unspecified atom stereocenters. The van der Waals surface area contributed by atoms with E-state index < -0.39 is 108 Å². The molecule has 2 N–H and O–H groups in total. The van der Waals surface area contributed by atoms with Crippen LogP contribution in [0.4, 0.5) is 36.4 Å². The molecule has 0 saturated heterocycles. The Balaban J connectivity index is 1.91. The van der Waals surface area contributed by atoms with E-state index in [4.69, 9.17) is 4.11 Å². The zero-order valence-corrected chi connectivity index (χ0v) is 22.1. The lowest BCUT2D eigenvalue weighted by molar-refractivity contribution is -0.263. The van der Waals surface area contributed by atoms with Crippen LogP contribution in [0.2, 0.25) is 0 Å². The van der Waals surface area contributed by atoms with E-state index in [1.54, 1.807) is 11.6 Å². The van der Waals surface area contributed by atoms with Gasteiger partial charge in [0.05, 0.1) is 16.0 Å².